The Labute approximate surface area is 99.5 Å². The Morgan fingerprint density at radius 2 is 1.88 bits per heavy atom. The van der Waals surface area contributed by atoms with Crippen molar-refractivity contribution in [1.82, 2.24) is 9.78 Å². The molecule has 0 aliphatic carbocycles. The van der Waals surface area contributed by atoms with Gasteiger partial charge >= 0.3 is 0 Å². The average molecular weight is 234 g/mol. The van der Waals surface area contributed by atoms with E-state index in [4.69, 9.17) is 14.2 Å². The van der Waals surface area contributed by atoms with Gasteiger partial charge in [-0.2, -0.15) is 0 Å². The molecule has 1 aromatic carbocycles. The van der Waals surface area contributed by atoms with E-state index in [9.17, 15) is 0 Å². The number of ether oxygens (including phenoxy) is 3. The Morgan fingerprint density at radius 3 is 2.47 bits per heavy atom. The van der Waals surface area contributed by atoms with Crippen molar-refractivity contribution in [1.29, 1.82) is 0 Å². The molecule has 17 heavy (non-hydrogen) atoms. The van der Waals surface area contributed by atoms with Crippen LogP contribution in [0.15, 0.2) is 30.5 Å². The minimum absolute atomic E-state index is 0.513. The molecule has 0 saturated heterocycles. The standard InChI is InChI=1S/C12H14N2O3/c1-14-7-6-12(13-14)17-11-8-9(15-2)4-5-10(11)16-3/h4-8H,1-3H3. The minimum atomic E-state index is 0.513. The Kier molecular flexibility index (Phi) is 3.18. The van der Waals surface area contributed by atoms with Crippen LogP contribution in [0.5, 0.6) is 23.1 Å². The predicted molar refractivity (Wildman–Crippen MR) is 62.8 cm³/mol. The number of aryl methyl sites for hydroxylation is 1. The van der Waals surface area contributed by atoms with Crippen molar-refractivity contribution < 1.29 is 14.2 Å². The maximum absolute atomic E-state index is 5.63. The second-order valence-corrected chi connectivity index (χ2v) is 3.45. The summed E-state index contributed by atoms with van der Waals surface area (Å²) in [7, 11) is 5.02. The van der Waals surface area contributed by atoms with Crippen LogP contribution in [0.2, 0.25) is 0 Å². The monoisotopic (exact) mass is 234 g/mol. The normalized spacial score (nSPS) is 10.1. The van der Waals surface area contributed by atoms with Gasteiger partial charge in [0.05, 0.1) is 14.2 Å². The van der Waals surface area contributed by atoms with Crippen LogP contribution in [0.4, 0.5) is 0 Å². The summed E-state index contributed by atoms with van der Waals surface area (Å²) < 4.78 is 17.6. The van der Waals surface area contributed by atoms with Crippen LogP contribution in [0.3, 0.4) is 0 Å². The quantitative estimate of drug-likeness (QED) is 0.813. The van der Waals surface area contributed by atoms with Gasteiger partial charge in [-0.15, -0.1) is 5.10 Å². The molecular weight excluding hydrogens is 220 g/mol. The van der Waals surface area contributed by atoms with Crippen molar-refractivity contribution >= 4 is 0 Å². The molecule has 2 rings (SSSR count). The molecule has 0 atom stereocenters. The third kappa shape index (κ3) is 2.50. The van der Waals surface area contributed by atoms with Crippen LogP contribution >= 0.6 is 0 Å². The number of benzene rings is 1. The fourth-order valence-electron chi connectivity index (χ4n) is 1.42. The number of methoxy groups -OCH3 is 2. The van der Waals surface area contributed by atoms with Crippen LogP contribution in [-0.4, -0.2) is 24.0 Å². The first kappa shape index (κ1) is 11.3. The molecule has 1 aromatic heterocycles. The maximum Gasteiger partial charge on any atom is 0.238 e. The molecule has 90 valence electrons. The van der Waals surface area contributed by atoms with Crippen molar-refractivity contribution in [3.8, 4) is 23.1 Å². The van der Waals surface area contributed by atoms with Crippen LogP contribution in [0.1, 0.15) is 0 Å². The number of nitrogens with zero attached hydrogens (tertiary/aromatic N) is 2. The van der Waals surface area contributed by atoms with Crippen molar-refractivity contribution in [2.45, 2.75) is 0 Å². The zero-order valence-electron chi connectivity index (χ0n) is 10.0. The molecule has 0 aliphatic rings. The fourth-order valence-corrected chi connectivity index (χ4v) is 1.42. The van der Waals surface area contributed by atoms with Crippen LogP contribution in [-0.2, 0) is 7.05 Å². The van der Waals surface area contributed by atoms with Crippen LogP contribution in [0.25, 0.3) is 0 Å². The average Bonchev–Trinajstić information content (AvgIpc) is 2.74. The Balaban J connectivity index is 2.29. The maximum atomic E-state index is 5.63. The predicted octanol–water partition coefficient (Wildman–Crippen LogP) is 2.23. The van der Waals surface area contributed by atoms with E-state index in [1.54, 1.807) is 37.1 Å². The highest BCUT2D eigenvalue weighted by Gasteiger charge is 2.08. The van der Waals surface area contributed by atoms with Gasteiger partial charge < -0.3 is 14.2 Å². The van der Waals surface area contributed by atoms with Crippen molar-refractivity contribution in [2.75, 3.05) is 14.2 Å². The van der Waals surface area contributed by atoms with E-state index in [0.717, 1.165) is 0 Å². The first-order valence-electron chi connectivity index (χ1n) is 5.12. The van der Waals surface area contributed by atoms with E-state index in [1.807, 2.05) is 19.3 Å². The summed E-state index contributed by atoms with van der Waals surface area (Å²) in [5.41, 5.74) is 0. The zero-order chi connectivity index (χ0) is 12.3. The molecule has 0 unspecified atom stereocenters. The van der Waals surface area contributed by atoms with Gasteiger partial charge in [-0.1, -0.05) is 0 Å². The fraction of sp³-hybridized carbons (Fsp3) is 0.250. The molecule has 0 N–H and O–H groups in total. The van der Waals surface area contributed by atoms with Crippen LogP contribution in [0, 0.1) is 0 Å². The molecule has 0 fully saturated rings. The summed E-state index contributed by atoms with van der Waals surface area (Å²) in [6.45, 7) is 0. The lowest BCUT2D eigenvalue weighted by Crippen LogP contribution is -1.93. The Bertz CT molecular complexity index is 508. The molecular formula is C12H14N2O3. The van der Waals surface area contributed by atoms with Gasteiger partial charge in [0.2, 0.25) is 5.88 Å². The van der Waals surface area contributed by atoms with Gasteiger partial charge in [-0.3, -0.25) is 4.68 Å². The van der Waals surface area contributed by atoms with Crippen LogP contribution < -0.4 is 14.2 Å². The van der Waals surface area contributed by atoms with Gasteiger partial charge in [0.15, 0.2) is 11.5 Å². The third-order valence-corrected chi connectivity index (χ3v) is 2.27. The van der Waals surface area contributed by atoms with E-state index >= 15 is 0 Å². The highest BCUT2D eigenvalue weighted by molar-refractivity contribution is 5.46. The van der Waals surface area contributed by atoms with Gasteiger partial charge in [0.1, 0.15) is 5.75 Å². The molecule has 5 heteroatoms. The molecule has 0 radical (unpaired) electrons. The molecule has 1 heterocycles. The summed E-state index contributed by atoms with van der Waals surface area (Å²) >= 11 is 0. The highest BCUT2D eigenvalue weighted by atomic mass is 16.5. The van der Waals surface area contributed by atoms with E-state index in [1.165, 1.54) is 0 Å². The second kappa shape index (κ2) is 4.78. The molecule has 0 bridgehead atoms. The number of hydrogen-bond acceptors (Lipinski definition) is 4. The van der Waals surface area contributed by atoms with E-state index in [0.29, 0.717) is 23.1 Å². The van der Waals surface area contributed by atoms with E-state index < -0.39 is 0 Å². The molecule has 2 aromatic rings. The number of rotatable bonds is 4. The lowest BCUT2D eigenvalue weighted by atomic mass is 10.3. The summed E-state index contributed by atoms with van der Waals surface area (Å²) in [5, 5.41) is 4.13. The Hall–Kier alpha value is -2.17. The smallest absolute Gasteiger partial charge is 0.238 e. The second-order valence-electron chi connectivity index (χ2n) is 3.45. The van der Waals surface area contributed by atoms with Gasteiger partial charge in [0, 0.05) is 25.4 Å². The molecule has 0 amide bonds. The van der Waals surface area contributed by atoms with Gasteiger partial charge in [-0.25, -0.2) is 0 Å². The summed E-state index contributed by atoms with van der Waals surface area (Å²) in [5.74, 6) is 2.43. The highest BCUT2D eigenvalue weighted by Crippen LogP contribution is 2.33. The number of hydrogen-bond donors (Lipinski definition) is 0. The summed E-state index contributed by atoms with van der Waals surface area (Å²) in [6.07, 6.45) is 1.81. The van der Waals surface area contributed by atoms with E-state index in [-0.39, 0.29) is 0 Å². The van der Waals surface area contributed by atoms with Crippen molar-refractivity contribution in [3.63, 3.8) is 0 Å². The first-order chi connectivity index (χ1) is 8.22. The Morgan fingerprint density at radius 1 is 1.06 bits per heavy atom. The topological polar surface area (TPSA) is 45.5 Å². The molecule has 0 saturated carbocycles. The summed E-state index contributed by atoms with van der Waals surface area (Å²) in [6, 6.07) is 7.13. The minimum Gasteiger partial charge on any atom is -0.497 e. The van der Waals surface area contributed by atoms with Gasteiger partial charge in [0.25, 0.3) is 0 Å². The summed E-state index contributed by atoms with van der Waals surface area (Å²) in [4.78, 5) is 0. The van der Waals surface area contributed by atoms with Gasteiger partial charge in [-0.05, 0) is 12.1 Å². The van der Waals surface area contributed by atoms with E-state index in [2.05, 4.69) is 5.10 Å². The largest absolute Gasteiger partial charge is 0.497 e. The first-order valence-corrected chi connectivity index (χ1v) is 5.12. The number of aromatic nitrogens is 2. The lowest BCUT2D eigenvalue weighted by Gasteiger charge is -2.09. The van der Waals surface area contributed by atoms with Crippen molar-refractivity contribution in [2.24, 2.45) is 7.05 Å². The zero-order valence-corrected chi connectivity index (χ0v) is 10.0. The molecule has 5 nitrogen and oxygen atoms in total. The SMILES string of the molecule is COc1ccc(OC)c(Oc2ccn(C)n2)c1. The molecule has 0 spiro atoms. The van der Waals surface area contributed by atoms with Crippen molar-refractivity contribution in [3.05, 3.63) is 30.5 Å². The third-order valence-electron chi connectivity index (χ3n) is 2.27. The molecule has 0 aliphatic heterocycles. The lowest BCUT2D eigenvalue weighted by molar-refractivity contribution is 0.365.